The Hall–Kier alpha value is -3.43. The molecule has 9 heteroatoms. The number of ether oxygens (including phenoxy) is 1. The van der Waals surface area contributed by atoms with Crippen LogP contribution >= 0.6 is 12.2 Å². The number of amides is 1. The highest BCUT2D eigenvalue weighted by Gasteiger charge is 2.16. The summed E-state index contributed by atoms with van der Waals surface area (Å²) in [5.74, 6) is 0.0801. The number of hydrogen-bond acceptors (Lipinski definition) is 5. The highest BCUT2D eigenvalue weighted by molar-refractivity contribution is 7.92. The minimum absolute atomic E-state index is 0.0826. The zero-order valence-corrected chi connectivity index (χ0v) is 20.8. The van der Waals surface area contributed by atoms with Gasteiger partial charge in [-0.15, -0.1) is 0 Å². The van der Waals surface area contributed by atoms with E-state index in [0.717, 1.165) is 17.5 Å². The smallest absolute Gasteiger partial charge is 0.261 e. The third kappa shape index (κ3) is 6.55. The number of benzene rings is 3. The lowest BCUT2D eigenvalue weighted by Crippen LogP contribution is -2.34. The van der Waals surface area contributed by atoms with Crippen molar-refractivity contribution in [3.8, 4) is 5.75 Å². The zero-order valence-electron chi connectivity index (χ0n) is 19.2. The number of carbonyl (C=O) groups is 1. The molecule has 1 amide bonds. The summed E-state index contributed by atoms with van der Waals surface area (Å²) < 4.78 is 33.6. The van der Waals surface area contributed by atoms with Crippen LogP contribution in [0, 0.1) is 13.8 Å². The van der Waals surface area contributed by atoms with Gasteiger partial charge in [0.05, 0.1) is 17.1 Å². The number of rotatable bonds is 8. The summed E-state index contributed by atoms with van der Waals surface area (Å²) in [7, 11) is -3.75. The molecule has 0 bridgehead atoms. The minimum Gasteiger partial charge on any atom is -0.493 e. The Labute approximate surface area is 205 Å². The van der Waals surface area contributed by atoms with E-state index in [9.17, 15) is 13.2 Å². The van der Waals surface area contributed by atoms with Gasteiger partial charge in [0.1, 0.15) is 5.75 Å². The van der Waals surface area contributed by atoms with Crippen LogP contribution in [-0.2, 0) is 10.0 Å². The summed E-state index contributed by atoms with van der Waals surface area (Å²) in [5.41, 5.74) is 3.48. The Morgan fingerprint density at radius 1 is 0.941 bits per heavy atom. The molecular weight excluding hydrogens is 470 g/mol. The maximum absolute atomic E-state index is 12.7. The molecule has 0 aliphatic heterocycles. The average molecular weight is 498 g/mol. The van der Waals surface area contributed by atoms with E-state index >= 15 is 0 Å². The standard InChI is InChI=1S/C25H27N3O4S2/c1-4-15-32-23-8-6-5-7-22(23)24(29)27-25(33)26-19-11-13-21(14-12-19)34(30,31)28-20-10-9-17(2)18(3)16-20/h5-14,16,28H,4,15H2,1-3H3,(H2,26,27,29,33). The number of anilines is 2. The molecular formula is C25H27N3O4S2. The lowest BCUT2D eigenvalue weighted by atomic mass is 10.1. The molecule has 3 aromatic carbocycles. The largest absolute Gasteiger partial charge is 0.493 e. The van der Waals surface area contributed by atoms with E-state index in [2.05, 4.69) is 15.4 Å². The van der Waals surface area contributed by atoms with E-state index in [0.29, 0.717) is 29.3 Å². The molecule has 0 radical (unpaired) electrons. The molecule has 3 N–H and O–H groups in total. The highest BCUT2D eigenvalue weighted by Crippen LogP contribution is 2.21. The quantitative estimate of drug-likeness (QED) is 0.378. The second kappa shape index (κ2) is 11.1. The van der Waals surface area contributed by atoms with Crippen LogP contribution in [0.25, 0.3) is 0 Å². The van der Waals surface area contributed by atoms with Gasteiger partial charge < -0.3 is 10.1 Å². The molecule has 0 spiro atoms. The molecule has 0 heterocycles. The average Bonchev–Trinajstić information content (AvgIpc) is 2.80. The molecule has 3 aromatic rings. The third-order valence-electron chi connectivity index (χ3n) is 5.00. The zero-order chi connectivity index (χ0) is 24.7. The molecule has 0 aliphatic rings. The van der Waals surface area contributed by atoms with Crippen LogP contribution in [0.2, 0.25) is 0 Å². The summed E-state index contributed by atoms with van der Waals surface area (Å²) in [5, 5.41) is 5.59. The van der Waals surface area contributed by atoms with Gasteiger partial charge in [-0.3, -0.25) is 14.8 Å². The molecule has 0 unspecified atom stereocenters. The molecule has 0 aromatic heterocycles. The normalized spacial score (nSPS) is 10.9. The molecule has 0 saturated carbocycles. The molecule has 34 heavy (non-hydrogen) atoms. The van der Waals surface area contributed by atoms with Crippen molar-refractivity contribution in [1.29, 1.82) is 0 Å². The molecule has 3 rings (SSSR count). The van der Waals surface area contributed by atoms with Crippen LogP contribution in [0.4, 0.5) is 11.4 Å². The molecule has 0 aliphatic carbocycles. The SMILES string of the molecule is CCCOc1ccccc1C(=O)NC(=S)Nc1ccc(S(=O)(=O)Nc2ccc(C)c(C)c2)cc1. The summed E-state index contributed by atoms with van der Waals surface area (Å²) in [6.45, 7) is 6.37. The maximum atomic E-state index is 12.7. The summed E-state index contributed by atoms with van der Waals surface area (Å²) in [4.78, 5) is 12.7. The van der Waals surface area contributed by atoms with Crippen LogP contribution in [0.3, 0.4) is 0 Å². The number of thiocarbonyl (C=S) groups is 1. The van der Waals surface area contributed by atoms with Crippen molar-refractivity contribution in [3.05, 3.63) is 83.4 Å². The van der Waals surface area contributed by atoms with Crippen LogP contribution in [0.1, 0.15) is 34.8 Å². The van der Waals surface area contributed by atoms with E-state index in [4.69, 9.17) is 17.0 Å². The van der Waals surface area contributed by atoms with Gasteiger partial charge >= 0.3 is 0 Å². The van der Waals surface area contributed by atoms with Crippen molar-refractivity contribution in [3.63, 3.8) is 0 Å². The van der Waals surface area contributed by atoms with Gasteiger partial charge in [0.15, 0.2) is 5.11 Å². The van der Waals surface area contributed by atoms with Crippen LogP contribution in [-0.4, -0.2) is 26.0 Å². The Kier molecular flexibility index (Phi) is 8.25. The van der Waals surface area contributed by atoms with Crippen molar-refractivity contribution in [2.75, 3.05) is 16.6 Å². The van der Waals surface area contributed by atoms with E-state index in [-0.39, 0.29) is 10.0 Å². The first kappa shape index (κ1) is 25.2. The van der Waals surface area contributed by atoms with Crippen molar-refractivity contribution >= 4 is 44.6 Å². The first-order chi connectivity index (χ1) is 16.2. The van der Waals surface area contributed by atoms with Gasteiger partial charge in [0.25, 0.3) is 15.9 Å². The van der Waals surface area contributed by atoms with Crippen molar-refractivity contribution < 1.29 is 17.9 Å². The predicted molar refractivity (Wildman–Crippen MR) is 139 cm³/mol. The van der Waals surface area contributed by atoms with Gasteiger partial charge in [-0.1, -0.05) is 25.1 Å². The maximum Gasteiger partial charge on any atom is 0.261 e. The van der Waals surface area contributed by atoms with E-state index in [1.54, 1.807) is 48.5 Å². The first-order valence-electron chi connectivity index (χ1n) is 10.7. The molecule has 7 nitrogen and oxygen atoms in total. The van der Waals surface area contributed by atoms with Crippen LogP contribution < -0.4 is 20.1 Å². The molecule has 0 atom stereocenters. The number of sulfonamides is 1. The van der Waals surface area contributed by atoms with Crippen molar-refractivity contribution in [2.45, 2.75) is 32.1 Å². The summed E-state index contributed by atoms with van der Waals surface area (Å²) >= 11 is 5.24. The van der Waals surface area contributed by atoms with E-state index < -0.39 is 15.9 Å². The predicted octanol–water partition coefficient (Wildman–Crippen LogP) is 5.02. The number of aryl methyl sites for hydroxylation is 2. The minimum atomic E-state index is -3.75. The van der Waals surface area contributed by atoms with E-state index in [1.807, 2.05) is 26.8 Å². The van der Waals surface area contributed by atoms with Crippen molar-refractivity contribution in [2.24, 2.45) is 0 Å². The molecule has 0 saturated heterocycles. The lowest BCUT2D eigenvalue weighted by Gasteiger charge is -2.13. The molecule has 0 fully saturated rings. The lowest BCUT2D eigenvalue weighted by molar-refractivity contribution is 0.0973. The molecule has 178 valence electrons. The Morgan fingerprint density at radius 3 is 2.29 bits per heavy atom. The fraction of sp³-hybridized carbons (Fsp3) is 0.200. The number of hydrogen-bond donors (Lipinski definition) is 3. The highest BCUT2D eigenvalue weighted by atomic mass is 32.2. The fourth-order valence-corrected chi connectivity index (χ4v) is 4.32. The van der Waals surface area contributed by atoms with E-state index in [1.165, 1.54) is 12.1 Å². The van der Waals surface area contributed by atoms with Crippen LogP contribution in [0.15, 0.2) is 71.6 Å². The number of para-hydroxylation sites is 1. The second-order valence-corrected chi connectivity index (χ2v) is 9.77. The topological polar surface area (TPSA) is 96.5 Å². The van der Waals surface area contributed by atoms with Crippen molar-refractivity contribution in [1.82, 2.24) is 5.32 Å². The Balaban J connectivity index is 1.63. The fourth-order valence-electron chi connectivity index (χ4n) is 3.06. The Bertz CT molecular complexity index is 1290. The Morgan fingerprint density at radius 2 is 1.62 bits per heavy atom. The third-order valence-corrected chi connectivity index (χ3v) is 6.60. The van der Waals surface area contributed by atoms with Crippen LogP contribution in [0.5, 0.6) is 5.75 Å². The first-order valence-corrected chi connectivity index (χ1v) is 12.6. The number of nitrogens with one attached hydrogen (secondary N) is 3. The van der Waals surface area contributed by atoms with Gasteiger partial charge in [0.2, 0.25) is 0 Å². The van der Waals surface area contributed by atoms with Gasteiger partial charge in [-0.05, 0) is 92.1 Å². The van der Waals surface area contributed by atoms with Gasteiger partial charge in [-0.25, -0.2) is 8.42 Å². The van der Waals surface area contributed by atoms with Gasteiger partial charge in [0, 0.05) is 11.4 Å². The monoisotopic (exact) mass is 497 g/mol. The summed E-state index contributed by atoms with van der Waals surface area (Å²) in [6, 6.07) is 18.4. The van der Waals surface area contributed by atoms with Gasteiger partial charge in [-0.2, -0.15) is 0 Å². The summed E-state index contributed by atoms with van der Waals surface area (Å²) in [6.07, 6.45) is 0.821. The number of carbonyl (C=O) groups excluding carboxylic acids is 1. The second-order valence-electron chi connectivity index (χ2n) is 7.68.